The van der Waals surface area contributed by atoms with Crippen molar-refractivity contribution in [3.63, 3.8) is 0 Å². The van der Waals surface area contributed by atoms with Gasteiger partial charge in [-0.25, -0.2) is 9.79 Å². The Bertz CT molecular complexity index is 1600. The lowest BCUT2D eigenvalue weighted by Gasteiger charge is -2.27. The summed E-state index contributed by atoms with van der Waals surface area (Å²) in [4.78, 5) is 32.4. The van der Waals surface area contributed by atoms with Crippen LogP contribution in [-0.2, 0) is 9.53 Å². The van der Waals surface area contributed by atoms with Gasteiger partial charge in [0.2, 0.25) is 0 Å². The molecule has 3 aromatic rings. The van der Waals surface area contributed by atoms with E-state index >= 15 is 0 Å². The molecule has 8 nitrogen and oxygen atoms in total. The van der Waals surface area contributed by atoms with Gasteiger partial charge in [0.25, 0.3) is 5.56 Å². The molecule has 2 heterocycles. The van der Waals surface area contributed by atoms with Crippen LogP contribution >= 0.6 is 22.9 Å². The SMILES string of the molecule is CCCC1=C(C(=O)OCC)[C@H](c2cc(Cl)ccc2OC)n2c(s/c(=C/c3ccc(OCC#N)cc3)c2=O)=N1. The third-order valence-corrected chi connectivity index (χ3v) is 7.08. The Morgan fingerprint density at radius 1 is 1.24 bits per heavy atom. The van der Waals surface area contributed by atoms with Crippen LogP contribution in [0.5, 0.6) is 11.5 Å². The third-order valence-electron chi connectivity index (χ3n) is 5.86. The summed E-state index contributed by atoms with van der Waals surface area (Å²) in [6, 6.07) is 13.3. The molecule has 0 saturated carbocycles. The Kier molecular flexibility index (Phi) is 8.66. The fourth-order valence-corrected chi connectivity index (χ4v) is 5.46. The fraction of sp³-hybridized carbons (Fsp3) is 0.286. The number of rotatable bonds is 9. The van der Waals surface area contributed by atoms with Gasteiger partial charge in [-0.3, -0.25) is 9.36 Å². The average Bonchev–Trinajstić information content (AvgIpc) is 3.22. The van der Waals surface area contributed by atoms with Gasteiger partial charge in [-0.1, -0.05) is 48.4 Å². The molecule has 0 N–H and O–H groups in total. The van der Waals surface area contributed by atoms with Crippen LogP contribution in [0.15, 0.2) is 63.5 Å². The molecular formula is C28H26ClN3O5S. The van der Waals surface area contributed by atoms with Crippen molar-refractivity contribution in [3.05, 3.63) is 89.6 Å². The standard InChI is InChI=1S/C28H26ClN3O5S/c1-4-6-21-24(27(34)36-5-2)25(20-16-18(29)9-12-22(20)35-3)32-26(33)23(38-28(32)31-21)15-17-7-10-19(11-8-17)37-14-13-30/h7-12,15-16,25H,4-6,14H2,1-3H3/b23-15+/t25-/m0/s1. The number of thiazole rings is 1. The predicted octanol–water partition coefficient (Wildman–Crippen LogP) is 4.14. The van der Waals surface area contributed by atoms with Crippen LogP contribution in [0.3, 0.4) is 0 Å². The molecule has 0 amide bonds. The molecule has 0 spiro atoms. The Morgan fingerprint density at radius 2 is 2.00 bits per heavy atom. The monoisotopic (exact) mass is 551 g/mol. The zero-order valence-corrected chi connectivity index (χ0v) is 22.8. The lowest BCUT2D eigenvalue weighted by atomic mass is 9.93. The van der Waals surface area contributed by atoms with Gasteiger partial charge in [0.1, 0.15) is 23.6 Å². The lowest BCUT2D eigenvalue weighted by Crippen LogP contribution is -2.40. The molecule has 196 valence electrons. The highest BCUT2D eigenvalue weighted by Gasteiger charge is 2.36. The maximum Gasteiger partial charge on any atom is 0.338 e. The summed E-state index contributed by atoms with van der Waals surface area (Å²) in [6.07, 6.45) is 3.04. The quantitative estimate of drug-likeness (QED) is 0.370. The highest BCUT2D eigenvalue weighted by molar-refractivity contribution is 7.07. The summed E-state index contributed by atoms with van der Waals surface area (Å²) in [5.41, 5.74) is 1.91. The van der Waals surface area contributed by atoms with E-state index in [0.29, 0.717) is 49.1 Å². The van der Waals surface area contributed by atoms with Crippen molar-refractivity contribution in [2.75, 3.05) is 20.3 Å². The Labute approximate surface area is 228 Å². The van der Waals surface area contributed by atoms with Gasteiger partial charge in [0, 0.05) is 10.6 Å². The van der Waals surface area contributed by atoms with Gasteiger partial charge in [0.05, 0.1) is 29.5 Å². The second-order valence-corrected chi connectivity index (χ2v) is 9.76. The van der Waals surface area contributed by atoms with E-state index in [-0.39, 0.29) is 18.8 Å². The average molecular weight is 552 g/mol. The van der Waals surface area contributed by atoms with Crippen molar-refractivity contribution in [3.8, 4) is 17.6 Å². The maximum absolute atomic E-state index is 13.9. The van der Waals surface area contributed by atoms with Crippen LogP contribution in [0.4, 0.5) is 0 Å². The Morgan fingerprint density at radius 3 is 2.66 bits per heavy atom. The first-order valence-electron chi connectivity index (χ1n) is 12.1. The Balaban J connectivity index is 1.95. The normalized spacial score (nSPS) is 14.9. The summed E-state index contributed by atoms with van der Waals surface area (Å²) < 4.78 is 18.3. The first-order chi connectivity index (χ1) is 18.4. The van der Waals surface area contributed by atoms with Gasteiger partial charge in [0.15, 0.2) is 11.4 Å². The third kappa shape index (κ3) is 5.52. The highest BCUT2D eigenvalue weighted by Crippen LogP contribution is 2.38. The first kappa shape index (κ1) is 27.2. The molecule has 1 atom stereocenters. The van der Waals surface area contributed by atoms with Crippen molar-refractivity contribution < 1.29 is 19.0 Å². The van der Waals surface area contributed by atoms with Crippen molar-refractivity contribution in [1.82, 2.24) is 4.57 Å². The van der Waals surface area contributed by atoms with E-state index in [2.05, 4.69) is 0 Å². The van der Waals surface area contributed by atoms with Crippen molar-refractivity contribution in [2.45, 2.75) is 32.7 Å². The molecule has 10 heteroatoms. The fourth-order valence-electron chi connectivity index (χ4n) is 4.26. The van der Waals surface area contributed by atoms with Crippen LogP contribution in [0, 0.1) is 11.3 Å². The van der Waals surface area contributed by atoms with Crippen LogP contribution < -0.4 is 24.4 Å². The topological polar surface area (TPSA) is 103 Å². The maximum atomic E-state index is 13.9. The van der Waals surface area contributed by atoms with E-state index in [9.17, 15) is 9.59 Å². The molecule has 0 saturated heterocycles. The van der Waals surface area contributed by atoms with Gasteiger partial charge in [-0.15, -0.1) is 0 Å². The minimum Gasteiger partial charge on any atom is -0.496 e. The summed E-state index contributed by atoms with van der Waals surface area (Å²) in [5, 5.41) is 9.14. The number of nitrogens with zero attached hydrogens (tertiary/aromatic N) is 3. The number of benzene rings is 2. The van der Waals surface area contributed by atoms with E-state index in [4.69, 9.17) is 36.1 Å². The molecule has 1 aromatic heterocycles. The molecule has 0 radical (unpaired) electrons. The molecule has 0 bridgehead atoms. The molecule has 4 rings (SSSR count). The molecule has 1 aliphatic heterocycles. The van der Waals surface area contributed by atoms with Gasteiger partial charge >= 0.3 is 5.97 Å². The second-order valence-electron chi connectivity index (χ2n) is 8.32. The number of ether oxygens (including phenoxy) is 3. The molecule has 0 aliphatic carbocycles. The van der Waals surface area contributed by atoms with E-state index < -0.39 is 12.0 Å². The summed E-state index contributed by atoms with van der Waals surface area (Å²) in [6.45, 7) is 3.87. The van der Waals surface area contributed by atoms with E-state index in [0.717, 1.165) is 12.0 Å². The number of carbonyl (C=O) groups is 1. The minimum absolute atomic E-state index is 0.0478. The number of hydrogen-bond donors (Lipinski definition) is 0. The highest BCUT2D eigenvalue weighted by atomic mass is 35.5. The molecular weight excluding hydrogens is 526 g/mol. The number of esters is 1. The Hall–Kier alpha value is -3.87. The van der Waals surface area contributed by atoms with Crippen molar-refractivity contribution in [1.29, 1.82) is 5.26 Å². The first-order valence-corrected chi connectivity index (χ1v) is 13.3. The van der Waals surface area contributed by atoms with E-state index in [1.807, 2.05) is 13.0 Å². The smallest absolute Gasteiger partial charge is 0.338 e. The number of fused-ring (bicyclic) bond motifs is 1. The zero-order chi connectivity index (χ0) is 27.2. The second kappa shape index (κ2) is 12.1. The number of nitriles is 1. The van der Waals surface area contributed by atoms with Gasteiger partial charge in [-0.2, -0.15) is 5.26 Å². The molecule has 1 aliphatic rings. The van der Waals surface area contributed by atoms with Gasteiger partial charge in [-0.05, 0) is 55.3 Å². The number of allylic oxidation sites excluding steroid dienone is 1. The summed E-state index contributed by atoms with van der Waals surface area (Å²) in [7, 11) is 1.53. The summed E-state index contributed by atoms with van der Waals surface area (Å²) in [5.74, 6) is 0.511. The number of methoxy groups -OCH3 is 1. The molecule has 0 unspecified atom stereocenters. The van der Waals surface area contributed by atoms with Crippen LogP contribution in [0.2, 0.25) is 5.02 Å². The predicted molar refractivity (Wildman–Crippen MR) is 145 cm³/mol. The number of aromatic nitrogens is 1. The van der Waals surface area contributed by atoms with Crippen molar-refractivity contribution >= 4 is 35.0 Å². The zero-order valence-electron chi connectivity index (χ0n) is 21.2. The molecule has 0 fully saturated rings. The van der Waals surface area contributed by atoms with E-state index in [1.165, 1.54) is 23.0 Å². The number of carbonyl (C=O) groups excluding carboxylic acids is 1. The van der Waals surface area contributed by atoms with Crippen LogP contribution in [0.25, 0.3) is 6.08 Å². The lowest BCUT2D eigenvalue weighted by molar-refractivity contribution is -0.139. The minimum atomic E-state index is -0.829. The van der Waals surface area contributed by atoms with Crippen LogP contribution in [-0.4, -0.2) is 30.9 Å². The number of hydrogen-bond acceptors (Lipinski definition) is 8. The summed E-state index contributed by atoms with van der Waals surface area (Å²) >= 11 is 7.61. The largest absolute Gasteiger partial charge is 0.496 e. The molecule has 38 heavy (non-hydrogen) atoms. The van der Waals surface area contributed by atoms with Gasteiger partial charge < -0.3 is 14.2 Å². The van der Waals surface area contributed by atoms with Crippen molar-refractivity contribution in [2.24, 2.45) is 4.99 Å². The van der Waals surface area contributed by atoms with Crippen LogP contribution in [0.1, 0.15) is 43.9 Å². The molecule has 2 aromatic carbocycles. The van der Waals surface area contributed by atoms with E-state index in [1.54, 1.807) is 55.5 Å². The number of halogens is 1.